The Labute approximate surface area is 233 Å². The molecule has 1 aliphatic rings. The first-order valence-corrected chi connectivity index (χ1v) is 13.6. The van der Waals surface area contributed by atoms with E-state index in [1.807, 2.05) is 42.8 Å². The van der Waals surface area contributed by atoms with Gasteiger partial charge >= 0.3 is 0 Å². The highest BCUT2D eigenvalue weighted by Crippen LogP contribution is 2.37. The van der Waals surface area contributed by atoms with Gasteiger partial charge in [-0.1, -0.05) is 18.2 Å². The van der Waals surface area contributed by atoms with Crippen molar-refractivity contribution in [2.75, 3.05) is 23.4 Å². The van der Waals surface area contributed by atoms with Crippen molar-refractivity contribution in [3.8, 4) is 0 Å². The molecule has 1 atom stereocenters. The van der Waals surface area contributed by atoms with Crippen molar-refractivity contribution >= 4 is 23.2 Å². The maximum Gasteiger partial charge on any atom is 0.258 e. The Morgan fingerprint density at radius 2 is 1.90 bits per heavy atom. The number of nitrogens with one attached hydrogen (secondary N) is 1. The van der Waals surface area contributed by atoms with E-state index in [0.717, 1.165) is 30.5 Å². The summed E-state index contributed by atoms with van der Waals surface area (Å²) in [6.07, 6.45) is 7.33. The standard InChI is InChI=1S/C32H33FN4O3/c1-22-7-3-4-8-26(22)31(38)35-25-11-12-27(23(2)19-25)32(39)37-16-5-9-30(28-20-24(33)10-13-29(28)37)40-18-6-15-36-17-14-34-21-36/h3-4,7-8,10-14,17,19-21,30H,5-6,9,15-16,18H2,1-2H3,(H,35,38). The number of nitrogens with zero attached hydrogens (tertiary/aromatic N) is 3. The molecule has 8 heteroatoms. The van der Waals surface area contributed by atoms with Crippen LogP contribution in [0.15, 0.2) is 79.4 Å². The molecule has 0 saturated heterocycles. The van der Waals surface area contributed by atoms with Gasteiger partial charge in [-0.15, -0.1) is 0 Å². The topological polar surface area (TPSA) is 76.5 Å². The van der Waals surface area contributed by atoms with Gasteiger partial charge < -0.3 is 19.5 Å². The van der Waals surface area contributed by atoms with E-state index in [-0.39, 0.29) is 23.7 Å². The zero-order valence-corrected chi connectivity index (χ0v) is 22.8. The van der Waals surface area contributed by atoms with Gasteiger partial charge in [0.25, 0.3) is 11.8 Å². The molecule has 1 aromatic heterocycles. The number of fused-ring (bicyclic) bond motifs is 1. The number of rotatable bonds is 8. The third kappa shape index (κ3) is 6.13. The number of aryl methyl sites for hydroxylation is 3. The summed E-state index contributed by atoms with van der Waals surface area (Å²) >= 11 is 0. The Morgan fingerprint density at radius 1 is 1.05 bits per heavy atom. The molecule has 40 heavy (non-hydrogen) atoms. The van der Waals surface area contributed by atoms with Crippen molar-refractivity contribution in [3.05, 3.63) is 113 Å². The van der Waals surface area contributed by atoms with Gasteiger partial charge in [-0.2, -0.15) is 0 Å². The van der Waals surface area contributed by atoms with Gasteiger partial charge in [0, 0.05) is 60.2 Å². The molecule has 206 valence electrons. The first kappa shape index (κ1) is 27.3. The maximum atomic E-state index is 14.4. The molecule has 0 bridgehead atoms. The van der Waals surface area contributed by atoms with Crippen LogP contribution in [0.25, 0.3) is 0 Å². The first-order chi connectivity index (χ1) is 19.4. The lowest BCUT2D eigenvalue weighted by atomic mass is 10.0. The number of amides is 2. The molecular weight excluding hydrogens is 507 g/mol. The molecule has 7 nitrogen and oxygen atoms in total. The highest BCUT2D eigenvalue weighted by Gasteiger charge is 2.29. The van der Waals surface area contributed by atoms with Gasteiger partial charge in [0.2, 0.25) is 0 Å². The molecule has 0 saturated carbocycles. The number of hydrogen-bond donors (Lipinski definition) is 1. The fourth-order valence-corrected chi connectivity index (χ4v) is 5.17. The van der Waals surface area contributed by atoms with Gasteiger partial charge in [-0.25, -0.2) is 9.37 Å². The summed E-state index contributed by atoms with van der Waals surface area (Å²) in [5.74, 6) is -0.719. The lowest BCUT2D eigenvalue weighted by Crippen LogP contribution is -2.32. The van der Waals surface area contributed by atoms with Gasteiger partial charge in [0.05, 0.1) is 12.4 Å². The van der Waals surface area contributed by atoms with Crippen LogP contribution in [0, 0.1) is 19.7 Å². The molecule has 4 aromatic rings. The number of anilines is 2. The largest absolute Gasteiger partial charge is 0.373 e. The van der Waals surface area contributed by atoms with E-state index < -0.39 is 0 Å². The molecule has 1 N–H and O–H groups in total. The SMILES string of the molecule is Cc1ccccc1C(=O)Nc1ccc(C(=O)N2CCCC(OCCCn3ccnc3)c3cc(F)ccc32)c(C)c1. The molecule has 0 radical (unpaired) electrons. The number of aromatic nitrogens is 2. The minimum Gasteiger partial charge on any atom is -0.373 e. The minimum absolute atomic E-state index is 0.164. The lowest BCUT2D eigenvalue weighted by Gasteiger charge is -2.25. The third-order valence-corrected chi connectivity index (χ3v) is 7.26. The second kappa shape index (κ2) is 12.3. The highest BCUT2D eigenvalue weighted by atomic mass is 19.1. The smallest absolute Gasteiger partial charge is 0.258 e. The van der Waals surface area contributed by atoms with E-state index in [1.54, 1.807) is 47.8 Å². The number of hydrogen-bond acceptors (Lipinski definition) is 4. The van der Waals surface area contributed by atoms with Gasteiger partial charge in [0.15, 0.2) is 0 Å². The molecule has 1 aliphatic heterocycles. The summed E-state index contributed by atoms with van der Waals surface area (Å²) < 4.78 is 22.6. The predicted molar refractivity (Wildman–Crippen MR) is 153 cm³/mol. The Kier molecular flexibility index (Phi) is 8.36. The van der Waals surface area contributed by atoms with E-state index in [9.17, 15) is 14.0 Å². The number of carbonyl (C=O) groups is 2. The minimum atomic E-state index is -0.356. The third-order valence-electron chi connectivity index (χ3n) is 7.26. The van der Waals surface area contributed by atoms with Crippen LogP contribution >= 0.6 is 0 Å². The van der Waals surface area contributed by atoms with Crippen LogP contribution in [-0.4, -0.2) is 34.5 Å². The number of ether oxygens (including phenoxy) is 1. The summed E-state index contributed by atoms with van der Waals surface area (Å²) in [6, 6.07) is 17.2. The van der Waals surface area contributed by atoms with E-state index in [1.165, 1.54) is 12.1 Å². The quantitative estimate of drug-likeness (QED) is 0.260. The number of imidazole rings is 1. The Hall–Kier alpha value is -4.30. The van der Waals surface area contributed by atoms with E-state index in [2.05, 4.69) is 10.3 Å². The van der Waals surface area contributed by atoms with Crippen molar-refractivity contribution in [1.29, 1.82) is 0 Å². The molecule has 0 spiro atoms. The molecule has 0 aliphatic carbocycles. The van der Waals surface area contributed by atoms with Crippen LogP contribution in [0.3, 0.4) is 0 Å². The van der Waals surface area contributed by atoms with Crippen molar-refractivity contribution in [1.82, 2.24) is 9.55 Å². The summed E-state index contributed by atoms with van der Waals surface area (Å²) in [6.45, 7) is 5.54. The summed E-state index contributed by atoms with van der Waals surface area (Å²) in [5.41, 5.74) is 4.74. The fraction of sp³-hybridized carbons (Fsp3) is 0.281. The second-order valence-electron chi connectivity index (χ2n) is 10.1. The van der Waals surface area contributed by atoms with E-state index in [0.29, 0.717) is 47.6 Å². The molecular formula is C32H33FN4O3. The van der Waals surface area contributed by atoms with Crippen LogP contribution in [0.5, 0.6) is 0 Å². The average Bonchev–Trinajstić information content (AvgIpc) is 3.39. The molecule has 3 aromatic carbocycles. The molecule has 1 unspecified atom stereocenters. The Balaban J connectivity index is 1.32. The summed E-state index contributed by atoms with van der Waals surface area (Å²) in [7, 11) is 0. The average molecular weight is 541 g/mol. The monoisotopic (exact) mass is 540 g/mol. The zero-order valence-electron chi connectivity index (χ0n) is 22.8. The molecule has 0 fully saturated rings. The summed E-state index contributed by atoms with van der Waals surface area (Å²) in [4.78, 5) is 32.4. The maximum absolute atomic E-state index is 14.4. The van der Waals surface area contributed by atoms with Crippen molar-refractivity contribution in [2.24, 2.45) is 0 Å². The number of carbonyl (C=O) groups excluding carboxylic acids is 2. The van der Waals surface area contributed by atoms with Gasteiger partial charge in [-0.05, 0) is 86.7 Å². The van der Waals surface area contributed by atoms with Crippen LogP contribution < -0.4 is 10.2 Å². The zero-order chi connectivity index (χ0) is 28.1. The first-order valence-electron chi connectivity index (χ1n) is 13.6. The Morgan fingerprint density at radius 3 is 2.67 bits per heavy atom. The van der Waals surface area contributed by atoms with Gasteiger partial charge in [0.1, 0.15) is 5.82 Å². The van der Waals surface area contributed by atoms with Crippen LogP contribution in [-0.2, 0) is 11.3 Å². The van der Waals surface area contributed by atoms with E-state index >= 15 is 0 Å². The van der Waals surface area contributed by atoms with Crippen molar-refractivity contribution in [2.45, 2.75) is 45.8 Å². The molecule has 2 heterocycles. The lowest BCUT2D eigenvalue weighted by molar-refractivity contribution is 0.0438. The second-order valence-corrected chi connectivity index (χ2v) is 10.1. The Bertz CT molecular complexity index is 1500. The van der Waals surface area contributed by atoms with Crippen LogP contribution in [0.4, 0.5) is 15.8 Å². The number of halogens is 1. The van der Waals surface area contributed by atoms with Crippen LogP contribution in [0.2, 0.25) is 0 Å². The highest BCUT2D eigenvalue weighted by molar-refractivity contribution is 6.09. The predicted octanol–water partition coefficient (Wildman–Crippen LogP) is 6.48. The van der Waals surface area contributed by atoms with Gasteiger partial charge in [-0.3, -0.25) is 9.59 Å². The fourth-order valence-electron chi connectivity index (χ4n) is 5.17. The van der Waals surface area contributed by atoms with Crippen LogP contribution in [0.1, 0.15) is 62.8 Å². The normalized spacial score (nSPS) is 14.9. The summed E-state index contributed by atoms with van der Waals surface area (Å²) in [5, 5.41) is 2.93. The van der Waals surface area contributed by atoms with Crippen molar-refractivity contribution < 1.29 is 18.7 Å². The molecule has 2 amide bonds. The molecule has 5 rings (SSSR count). The van der Waals surface area contributed by atoms with E-state index in [4.69, 9.17) is 4.74 Å². The van der Waals surface area contributed by atoms with Crippen molar-refractivity contribution in [3.63, 3.8) is 0 Å². The number of benzene rings is 3.